The fourth-order valence-corrected chi connectivity index (χ4v) is 14.0. The van der Waals surface area contributed by atoms with Crippen molar-refractivity contribution >= 4 is 118 Å². The lowest BCUT2D eigenvalue weighted by molar-refractivity contribution is 1.61. The second-order valence-electron chi connectivity index (χ2n) is 19.8. The second-order valence-corrected chi connectivity index (χ2v) is 20.8. The molecule has 0 atom stereocenters. The molecule has 0 nitrogen and oxygen atoms in total. The van der Waals surface area contributed by atoms with Gasteiger partial charge in [-0.15, -0.1) is 11.3 Å². The van der Waals surface area contributed by atoms with Gasteiger partial charge < -0.3 is 0 Å². The third kappa shape index (κ3) is 6.01. The molecule has 0 fully saturated rings. The van der Waals surface area contributed by atoms with E-state index in [2.05, 4.69) is 255 Å². The molecule has 0 saturated heterocycles. The van der Waals surface area contributed by atoms with Gasteiger partial charge >= 0.3 is 0 Å². The minimum Gasteiger partial charge on any atom is -0.135 e. The largest absolute Gasteiger partial charge is 0.135 e. The Labute approximate surface area is 425 Å². The highest BCUT2D eigenvalue weighted by molar-refractivity contribution is 7.26. The first-order chi connectivity index (χ1) is 36.2. The van der Waals surface area contributed by atoms with Crippen molar-refractivity contribution in [2.24, 2.45) is 0 Å². The van der Waals surface area contributed by atoms with E-state index in [0.29, 0.717) is 0 Å². The van der Waals surface area contributed by atoms with Crippen molar-refractivity contribution in [1.82, 2.24) is 0 Å². The molecule has 0 aliphatic carbocycles. The molecular formula is C72H42S. The average molecular weight is 939 g/mol. The van der Waals surface area contributed by atoms with Crippen molar-refractivity contribution in [3.63, 3.8) is 0 Å². The standard InChI is InChI=1S/C72H42S/c1-2-12-43(13-3-1)44-22-24-45(25-23-44)51-35-30-48-33-39-62-52(36-31-49-32-38-61(51)69(48)70(49)62)46-26-28-47(29-27-46)67-57-17-6-8-19-59(57)68(60-20-9-7-18-58(60)67)50-34-37-54-63-40-41-64-55-15-10-11-21-66(55)73-72(64)71(63)56-16-5-4-14-53(56)65(54)42-50/h1-42H. The highest BCUT2D eigenvalue weighted by Crippen LogP contribution is 2.49. The highest BCUT2D eigenvalue weighted by atomic mass is 32.1. The number of hydrogen-bond donors (Lipinski definition) is 0. The lowest BCUT2D eigenvalue weighted by Crippen LogP contribution is -1.92. The van der Waals surface area contributed by atoms with E-state index in [0.717, 1.165) is 0 Å². The molecule has 73 heavy (non-hydrogen) atoms. The Kier molecular flexibility index (Phi) is 8.72. The molecule has 0 aliphatic heterocycles. The van der Waals surface area contributed by atoms with Crippen molar-refractivity contribution in [3.8, 4) is 55.6 Å². The van der Waals surface area contributed by atoms with Crippen molar-refractivity contribution in [1.29, 1.82) is 0 Å². The van der Waals surface area contributed by atoms with Crippen LogP contribution >= 0.6 is 11.3 Å². The summed E-state index contributed by atoms with van der Waals surface area (Å²) in [5.74, 6) is 0. The number of fused-ring (bicyclic) bond motifs is 12. The van der Waals surface area contributed by atoms with Crippen LogP contribution in [0.4, 0.5) is 0 Å². The summed E-state index contributed by atoms with van der Waals surface area (Å²) >= 11 is 1.92. The summed E-state index contributed by atoms with van der Waals surface area (Å²) in [7, 11) is 0. The van der Waals surface area contributed by atoms with Gasteiger partial charge in [0.2, 0.25) is 0 Å². The van der Waals surface area contributed by atoms with Gasteiger partial charge in [-0.25, -0.2) is 0 Å². The van der Waals surface area contributed by atoms with Crippen molar-refractivity contribution in [3.05, 3.63) is 255 Å². The van der Waals surface area contributed by atoms with E-state index in [-0.39, 0.29) is 0 Å². The number of benzene rings is 15. The first kappa shape index (κ1) is 40.6. The molecule has 0 saturated carbocycles. The molecule has 16 rings (SSSR count). The number of rotatable bonds is 5. The summed E-state index contributed by atoms with van der Waals surface area (Å²) < 4.78 is 2.70. The Hall–Kier alpha value is -9.14. The molecule has 0 N–H and O–H groups in total. The molecule has 0 radical (unpaired) electrons. The van der Waals surface area contributed by atoms with E-state index in [1.165, 1.54) is 162 Å². The zero-order valence-corrected chi connectivity index (χ0v) is 40.5. The van der Waals surface area contributed by atoms with Gasteiger partial charge in [0.05, 0.1) is 0 Å². The fourth-order valence-electron chi connectivity index (χ4n) is 12.7. The van der Waals surface area contributed by atoms with E-state index in [1.54, 1.807) is 0 Å². The predicted molar refractivity (Wildman–Crippen MR) is 318 cm³/mol. The van der Waals surface area contributed by atoms with Crippen LogP contribution in [0.25, 0.3) is 162 Å². The molecule has 16 aromatic rings. The van der Waals surface area contributed by atoms with Gasteiger partial charge in [-0.2, -0.15) is 0 Å². The summed E-state index contributed by atoms with van der Waals surface area (Å²) in [5, 5.41) is 23.3. The van der Waals surface area contributed by atoms with Gasteiger partial charge in [0, 0.05) is 25.6 Å². The molecule has 15 aromatic carbocycles. The van der Waals surface area contributed by atoms with Crippen molar-refractivity contribution in [2.45, 2.75) is 0 Å². The van der Waals surface area contributed by atoms with Crippen LogP contribution in [0.3, 0.4) is 0 Å². The van der Waals surface area contributed by atoms with E-state index in [4.69, 9.17) is 0 Å². The van der Waals surface area contributed by atoms with Gasteiger partial charge in [-0.1, -0.05) is 243 Å². The molecule has 336 valence electrons. The normalized spacial score (nSPS) is 12.1. The monoisotopic (exact) mass is 938 g/mol. The van der Waals surface area contributed by atoms with Crippen LogP contribution in [-0.4, -0.2) is 0 Å². The molecule has 0 amide bonds. The smallest absolute Gasteiger partial charge is 0.0440 e. The quantitative estimate of drug-likeness (QED) is 0.119. The topological polar surface area (TPSA) is 0 Å². The van der Waals surface area contributed by atoms with Crippen LogP contribution in [0.2, 0.25) is 0 Å². The minimum atomic E-state index is 1.21. The molecule has 1 heteroatoms. The molecule has 0 aliphatic rings. The van der Waals surface area contributed by atoms with E-state index in [9.17, 15) is 0 Å². The number of thiophene rings is 1. The van der Waals surface area contributed by atoms with E-state index >= 15 is 0 Å². The van der Waals surface area contributed by atoms with Gasteiger partial charge in [0.25, 0.3) is 0 Å². The van der Waals surface area contributed by atoms with Crippen LogP contribution in [0.5, 0.6) is 0 Å². The van der Waals surface area contributed by atoms with Crippen LogP contribution in [0.1, 0.15) is 0 Å². The van der Waals surface area contributed by atoms with Gasteiger partial charge in [-0.05, 0) is 149 Å². The summed E-state index contributed by atoms with van der Waals surface area (Å²) in [6.07, 6.45) is 0. The molecule has 0 spiro atoms. The first-order valence-corrected chi connectivity index (χ1v) is 26.1. The molecule has 0 bridgehead atoms. The van der Waals surface area contributed by atoms with Crippen molar-refractivity contribution in [2.75, 3.05) is 0 Å². The summed E-state index contributed by atoms with van der Waals surface area (Å²) in [5.41, 5.74) is 12.4. The zero-order valence-electron chi connectivity index (χ0n) is 39.7. The predicted octanol–water partition coefficient (Wildman–Crippen LogP) is 21.1. The Morgan fingerprint density at radius 3 is 1.22 bits per heavy atom. The second kappa shape index (κ2) is 15.7. The summed E-state index contributed by atoms with van der Waals surface area (Å²) in [6.45, 7) is 0. The van der Waals surface area contributed by atoms with Crippen molar-refractivity contribution < 1.29 is 0 Å². The summed E-state index contributed by atoms with van der Waals surface area (Å²) in [4.78, 5) is 0. The third-order valence-electron chi connectivity index (χ3n) is 16.0. The van der Waals surface area contributed by atoms with Gasteiger partial charge in [0.1, 0.15) is 0 Å². The Morgan fingerprint density at radius 2 is 0.603 bits per heavy atom. The molecular weight excluding hydrogens is 897 g/mol. The first-order valence-electron chi connectivity index (χ1n) is 25.3. The van der Waals surface area contributed by atoms with E-state index < -0.39 is 0 Å². The maximum absolute atomic E-state index is 2.47. The SMILES string of the molecule is c1ccc(-c2ccc(-c3ccc4ccc5c(-c6ccc(-c7c8ccccc8c(-c8ccc9c(c8)c8ccccc8c8c9ccc9c%10ccccc%10sc98)c8ccccc78)cc6)ccc6ccc3c4c65)cc2)cc1. The Balaban J connectivity index is 0.825. The van der Waals surface area contributed by atoms with Crippen LogP contribution in [0, 0.1) is 0 Å². The van der Waals surface area contributed by atoms with Gasteiger partial charge in [-0.3, -0.25) is 0 Å². The van der Waals surface area contributed by atoms with E-state index in [1.807, 2.05) is 11.3 Å². The lowest BCUT2D eigenvalue weighted by Gasteiger charge is -2.19. The maximum Gasteiger partial charge on any atom is 0.0440 e. The molecule has 0 unspecified atom stereocenters. The Bertz CT molecular complexity index is 4850. The average Bonchev–Trinajstić information content (AvgIpc) is 3.85. The fraction of sp³-hybridized carbons (Fsp3) is 0. The molecule has 1 heterocycles. The van der Waals surface area contributed by atoms with Crippen LogP contribution < -0.4 is 0 Å². The third-order valence-corrected chi connectivity index (χ3v) is 17.2. The van der Waals surface area contributed by atoms with Crippen LogP contribution in [0.15, 0.2) is 255 Å². The molecule has 1 aromatic heterocycles. The Morgan fingerprint density at radius 1 is 0.205 bits per heavy atom. The maximum atomic E-state index is 2.47. The number of hydrogen-bond acceptors (Lipinski definition) is 1. The highest BCUT2D eigenvalue weighted by Gasteiger charge is 2.21. The lowest BCUT2D eigenvalue weighted by atomic mass is 9.84. The minimum absolute atomic E-state index is 1.21. The van der Waals surface area contributed by atoms with Gasteiger partial charge in [0.15, 0.2) is 0 Å². The zero-order chi connectivity index (χ0) is 47.7. The van der Waals surface area contributed by atoms with Crippen LogP contribution in [-0.2, 0) is 0 Å². The summed E-state index contributed by atoms with van der Waals surface area (Å²) in [6, 6.07) is 95.5.